The van der Waals surface area contributed by atoms with Crippen molar-refractivity contribution in [2.24, 2.45) is 28.2 Å². The first kappa shape index (κ1) is 126. The van der Waals surface area contributed by atoms with Crippen molar-refractivity contribution in [2.45, 2.75) is 219 Å². The number of piperidine rings is 4. The zero-order valence-electron chi connectivity index (χ0n) is 86.5. The third-order valence-electron chi connectivity index (χ3n) is 22.6. The van der Waals surface area contributed by atoms with Crippen LogP contribution < -0.4 is 55.5 Å². The van der Waals surface area contributed by atoms with Crippen LogP contribution in [0, 0.1) is 24.2 Å². The lowest BCUT2D eigenvalue weighted by atomic mass is 10.1. The molecule has 0 saturated carbocycles. The van der Waals surface area contributed by atoms with Crippen LogP contribution in [-0.2, 0) is 122 Å². The van der Waals surface area contributed by atoms with Crippen molar-refractivity contribution in [3.63, 3.8) is 0 Å². The van der Waals surface area contributed by atoms with E-state index in [1.165, 1.54) is 50.0 Å². The highest BCUT2D eigenvalue weighted by Crippen LogP contribution is 2.30. The van der Waals surface area contributed by atoms with E-state index in [0.717, 1.165) is 103 Å². The van der Waals surface area contributed by atoms with Crippen LogP contribution in [0.3, 0.4) is 0 Å². The van der Waals surface area contributed by atoms with Gasteiger partial charge in [-0.2, -0.15) is 0 Å². The second-order valence-electron chi connectivity index (χ2n) is 37.3. The van der Waals surface area contributed by atoms with Crippen molar-refractivity contribution in [2.75, 3.05) is 125 Å². The number of nitrogens with one attached hydrogen (secondary N) is 5. The average molecular weight is 2240 g/mol. The summed E-state index contributed by atoms with van der Waals surface area (Å²) in [6.07, 6.45) is 15.2. The summed E-state index contributed by atoms with van der Waals surface area (Å²) >= 11 is 5.52. The second-order valence-corrected chi connectivity index (χ2v) is 38.2. The summed E-state index contributed by atoms with van der Waals surface area (Å²) in [5.41, 5.74) is 5.97. The van der Waals surface area contributed by atoms with E-state index >= 15 is 0 Å². The van der Waals surface area contributed by atoms with Gasteiger partial charge in [-0.3, -0.25) is 101 Å². The van der Waals surface area contributed by atoms with Gasteiger partial charge < -0.3 is 64.1 Å². The molecule has 5 aliphatic rings. The number of hydrogen-bond donors (Lipinski definition) is 6. The first-order valence-electron chi connectivity index (χ1n) is 47.5. The minimum atomic E-state index is -0.719. The maximum Gasteiger partial charge on any atom is 0.410 e. The van der Waals surface area contributed by atoms with Crippen LogP contribution in [0.15, 0.2) is 96.4 Å². The number of amides is 11. The summed E-state index contributed by atoms with van der Waals surface area (Å²) in [6, 6.07) is 19.8. The molecule has 4 aromatic carbocycles. The molecule has 8 aromatic rings. The Kier molecular flexibility index (Phi) is 53.9. The molecule has 5 fully saturated rings. The molecular formula is C100H145BrClIN17O24P. The molecule has 9 heterocycles. The number of benzene rings is 4. The van der Waals surface area contributed by atoms with Crippen LogP contribution in [0.1, 0.15) is 206 Å². The summed E-state index contributed by atoms with van der Waals surface area (Å²) in [5.74, 6) is 5.42. The number of halogens is 3. The van der Waals surface area contributed by atoms with E-state index in [2.05, 4.69) is 82.9 Å². The molecule has 4 unspecified atom stereocenters. The number of aromatic nitrogens is 8. The molecule has 5 aliphatic heterocycles. The average Bonchev–Trinajstić information content (AvgIpc) is 1.63. The number of rotatable bonds is 30. The van der Waals surface area contributed by atoms with Crippen LogP contribution in [0.25, 0.3) is 44.1 Å². The first-order valence-corrected chi connectivity index (χ1v) is 50.9. The molecule has 0 aliphatic carbocycles. The van der Waals surface area contributed by atoms with Gasteiger partial charge in [-0.25, -0.2) is 33.6 Å². The Morgan fingerprint density at radius 3 is 1.06 bits per heavy atom. The van der Waals surface area contributed by atoms with Gasteiger partial charge in [0.25, 0.3) is 0 Å². The number of imidazole rings is 4. The number of nitrogens with zero attached hydrogens (tertiary/aromatic N) is 11. The van der Waals surface area contributed by atoms with Gasteiger partial charge in [0, 0.05) is 158 Å². The highest BCUT2D eigenvalue weighted by atomic mass is 127. The number of imide groups is 4. The standard InChI is InChI=1S/C25H36N4O6.C25H32N4O6.C20H28N4O4.C13H12BrN3O3.C12H21NO3.C4H8O.CH3I.ClH.H3N.HOP/c2*1-25(2,3)35-24(33)27(4)13-7-15-34-14-6-8-17-9-10-18-20(16-17)28(5)23(32)29(18)19-11-12-21(30)26-22(19)31;1-21-10-4-12-28-11-3-5-14-6-7-15-17(13-14)23(2)20(27)24(15)16-8-9-18(25)22-19(16)26;1-16-10-6-7(14)2-3-8(10)17(13(16)20)9-4-5-11(18)15-12(9)19;1-6-9-15-10-7-8-13(5)11(14)16-12(2,3)4;1-2-4-5-3-1;1-2;;;1-2/h9-10,16,19H,6-8,11-15H2,1-5H3,(H,26,30,31);9-10,16,19H,7,11-15H2,1-5H3,(H,26,30,31);6-7,13,16,21H,3-5,8-12H2,1-2H3,(H,22,25,26);2-3,6,9H,4-5H2,1H3,(H,15,18,19);1H,7-10H2,2-5H3;1-4H2;1H3;1H;1H3;2H. The van der Waals surface area contributed by atoms with Crippen molar-refractivity contribution >= 4 is 170 Å². The first-order chi connectivity index (χ1) is 67.8. The van der Waals surface area contributed by atoms with Gasteiger partial charge in [-0.05, 0) is 243 Å². The van der Waals surface area contributed by atoms with Crippen molar-refractivity contribution in [1.82, 2.24) is 84.0 Å². The van der Waals surface area contributed by atoms with E-state index in [4.69, 9.17) is 48.9 Å². The van der Waals surface area contributed by atoms with Gasteiger partial charge in [0.2, 0.25) is 47.3 Å². The number of hydrogen-bond acceptors (Lipinski definition) is 26. The van der Waals surface area contributed by atoms with E-state index in [1.807, 2.05) is 123 Å². The Morgan fingerprint density at radius 1 is 0.448 bits per heavy atom. The highest BCUT2D eigenvalue weighted by Gasteiger charge is 2.37. The summed E-state index contributed by atoms with van der Waals surface area (Å²) in [6.45, 7) is 25.3. The number of aryl methyl sites for hydroxylation is 6. The fourth-order valence-corrected chi connectivity index (χ4v) is 15.9. The fourth-order valence-electron chi connectivity index (χ4n) is 15.5. The predicted octanol–water partition coefficient (Wildman–Crippen LogP) is 11.2. The minimum Gasteiger partial charge on any atom is -0.444 e. The van der Waals surface area contributed by atoms with Crippen molar-refractivity contribution in [3.05, 3.63) is 136 Å². The number of fused-ring (bicyclic) bond motifs is 4. The molecule has 0 bridgehead atoms. The third-order valence-corrected chi connectivity index (χ3v) is 23.1. The molecule has 45 heteroatoms. The maximum atomic E-state index is 12.9. The largest absolute Gasteiger partial charge is 0.444 e. The molecule has 0 spiro atoms. The molecule has 41 nitrogen and oxygen atoms in total. The number of ether oxygens (including phenoxy) is 8. The second kappa shape index (κ2) is 62.0. The third kappa shape index (κ3) is 39.2. The topological polar surface area (TPSA) is 491 Å². The van der Waals surface area contributed by atoms with E-state index < -0.39 is 64.6 Å². The fraction of sp³-hybridized carbons (Fsp3) is 0.570. The van der Waals surface area contributed by atoms with E-state index in [-0.39, 0.29) is 122 Å². The molecule has 800 valence electrons. The summed E-state index contributed by atoms with van der Waals surface area (Å²) < 4.78 is 63.6. The monoisotopic (exact) mass is 2240 g/mol. The highest BCUT2D eigenvalue weighted by molar-refractivity contribution is 14.1. The maximum absolute atomic E-state index is 12.9. The molecule has 13 rings (SSSR count). The predicted molar refractivity (Wildman–Crippen MR) is 568 cm³/mol. The molecule has 11 amide bonds. The lowest BCUT2D eigenvalue weighted by Crippen LogP contribution is -2.44. The Balaban J connectivity index is 0.000000376. The van der Waals surface area contributed by atoms with Gasteiger partial charge in [0.05, 0.1) is 44.1 Å². The van der Waals surface area contributed by atoms with Crippen molar-refractivity contribution in [1.29, 1.82) is 0 Å². The molecule has 145 heavy (non-hydrogen) atoms. The quantitative estimate of drug-likeness (QED) is 0.00463. The number of carbonyl (C=O) groups excluding carboxylic acids is 11. The van der Waals surface area contributed by atoms with Crippen LogP contribution in [0.4, 0.5) is 14.4 Å². The molecule has 4 atom stereocenters. The Morgan fingerprint density at radius 2 is 0.745 bits per heavy atom. The summed E-state index contributed by atoms with van der Waals surface area (Å²) in [7, 11) is 15.5. The van der Waals surface area contributed by atoms with Gasteiger partial charge in [0.15, 0.2) is 0 Å². The van der Waals surface area contributed by atoms with E-state index in [0.29, 0.717) is 118 Å². The van der Waals surface area contributed by atoms with Crippen LogP contribution >= 0.6 is 60.0 Å². The van der Waals surface area contributed by atoms with E-state index in [9.17, 15) is 71.9 Å². The molecule has 8 N–H and O–H groups in total. The van der Waals surface area contributed by atoms with Gasteiger partial charge in [0.1, 0.15) is 63.3 Å². The molecular weight excluding hydrogens is 2100 g/mol. The van der Waals surface area contributed by atoms with Gasteiger partial charge in [-0.15, -0.1) is 18.8 Å². The van der Waals surface area contributed by atoms with Crippen molar-refractivity contribution in [3.8, 4) is 24.2 Å². The SMILES string of the molecule is C#CCOCCCN(C)C(=O)OC(C)(C)C.C1CCOC1.CI.CN(CCCOCC#Cc1ccc2c(c1)n(C)c(=O)n2C1CCC(=O)NC1=O)C(=O)OC(C)(C)C.CN(CCCOCCCc1ccc2c(c1)n(C)c(=O)n2C1CCC(=O)NC1=O)C(=O)OC(C)(C)C.CNCCCOCCCc1ccc2c(c1)n(C)c(=O)n2C1CCC(=O)NC1=O.Cl.Cn1c(=O)n(C2CCC(=O)NC2=O)c2ccc(Br)cc21.N.O=P. The molecule has 5 saturated heterocycles. The summed E-state index contributed by atoms with van der Waals surface area (Å²) in [5, 5.41) is 12.3. The number of alkyl halides is 1. The number of terminal acetylenes is 1. The zero-order chi connectivity index (χ0) is 106. The zero-order valence-corrected chi connectivity index (χ0v) is 92.1. The van der Waals surface area contributed by atoms with Crippen LogP contribution in [0.2, 0.25) is 0 Å². The van der Waals surface area contributed by atoms with Gasteiger partial charge >= 0.3 is 41.0 Å². The van der Waals surface area contributed by atoms with Crippen LogP contribution in [-0.4, -0.2) is 259 Å². The Bertz CT molecular complexity index is 6070. The lowest BCUT2D eigenvalue weighted by Gasteiger charge is -2.24. The Hall–Kier alpha value is -11.2. The lowest BCUT2D eigenvalue weighted by molar-refractivity contribution is -0.137. The van der Waals surface area contributed by atoms with Crippen molar-refractivity contribution < 1.29 is 95.2 Å². The van der Waals surface area contributed by atoms with Gasteiger partial charge in [-0.1, -0.05) is 68.4 Å². The summed E-state index contributed by atoms with van der Waals surface area (Å²) in [4.78, 5) is 187. The molecule has 0 radical (unpaired) electrons. The molecule has 4 aromatic heterocycles. The normalized spacial score (nSPS) is 15.9. The minimum absolute atomic E-state index is 0. The van der Waals surface area contributed by atoms with E-state index in [1.54, 1.807) is 96.8 Å². The number of carbonyl (C=O) groups is 11. The Labute approximate surface area is 875 Å². The van der Waals surface area contributed by atoms with Crippen LogP contribution in [0.5, 0.6) is 0 Å². The smallest absolute Gasteiger partial charge is 0.410 e.